The van der Waals surface area contributed by atoms with E-state index < -0.39 is 11.9 Å². The minimum atomic E-state index is -0.572. The van der Waals surface area contributed by atoms with Gasteiger partial charge in [-0.25, -0.2) is 0 Å². The minimum Gasteiger partial charge on any atom is -0.468 e. The fraction of sp³-hybridized carbons (Fsp3) is 0.211. The summed E-state index contributed by atoms with van der Waals surface area (Å²) in [5.74, 6) is -1.28. The molecule has 0 fully saturated rings. The molecule has 0 saturated heterocycles. The quantitative estimate of drug-likeness (QED) is 0.858. The van der Waals surface area contributed by atoms with Gasteiger partial charge in [-0.3, -0.25) is 9.59 Å². The fourth-order valence-corrected chi connectivity index (χ4v) is 2.36. The Morgan fingerprint density at radius 2 is 1.92 bits per heavy atom. The van der Waals surface area contributed by atoms with Crippen molar-refractivity contribution < 1.29 is 14.3 Å². The van der Waals surface area contributed by atoms with Crippen molar-refractivity contribution in [2.45, 2.75) is 12.8 Å². The van der Waals surface area contributed by atoms with Gasteiger partial charge in [-0.1, -0.05) is 29.8 Å². The second-order valence-electron chi connectivity index (χ2n) is 5.39. The second kappa shape index (κ2) is 7.93. The lowest BCUT2D eigenvalue weighted by Gasteiger charge is -2.16. The standard InChI is InChI=1S/C19H18N2O3/c1-13-4-3-5-16(10-13)17(19(23)24-2)12-21-18(22)15-8-6-14(11-20)7-9-15/h3-10,17H,12H2,1-2H3,(H,21,22). The Bertz CT molecular complexity index is 776. The van der Waals surface area contributed by atoms with Gasteiger partial charge in [0.1, 0.15) is 0 Å². The van der Waals surface area contributed by atoms with Crippen molar-refractivity contribution in [2.24, 2.45) is 0 Å². The lowest BCUT2D eigenvalue weighted by Crippen LogP contribution is -2.32. The van der Waals surface area contributed by atoms with E-state index in [0.29, 0.717) is 11.1 Å². The topological polar surface area (TPSA) is 79.2 Å². The van der Waals surface area contributed by atoms with Crippen LogP contribution in [0, 0.1) is 18.3 Å². The van der Waals surface area contributed by atoms with Crippen molar-refractivity contribution in [1.29, 1.82) is 5.26 Å². The summed E-state index contributed by atoms with van der Waals surface area (Å²) in [6.45, 7) is 2.07. The Kier molecular flexibility index (Phi) is 5.69. The highest BCUT2D eigenvalue weighted by Gasteiger charge is 2.22. The SMILES string of the molecule is COC(=O)C(CNC(=O)c1ccc(C#N)cc1)c1cccc(C)c1. The molecule has 1 unspecified atom stereocenters. The summed E-state index contributed by atoms with van der Waals surface area (Å²) in [7, 11) is 1.33. The molecule has 0 aliphatic rings. The fourth-order valence-electron chi connectivity index (χ4n) is 2.36. The first-order valence-electron chi connectivity index (χ1n) is 7.48. The molecular formula is C19H18N2O3. The number of methoxy groups -OCH3 is 1. The maximum absolute atomic E-state index is 12.2. The highest BCUT2D eigenvalue weighted by molar-refractivity contribution is 5.94. The molecule has 2 rings (SSSR count). The molecule has 1 atom stereocenters. The van der Waals surface area contributed by atoms with Crippen LogP contribution in [0.2, 0.25) is 0 Å². The molecule has 5 nitrogen and oxygen atoms in total. The van der Waals surface area contributed by atoms with Gasteiger partial charge in [-0.15, -0.1) is 0 Å². The van der Waals surface area contributed by atoms with E-state index in [-0.39, 0.29) is 12.5 Å². The van der Waals surface area contributed by atoms with Gasteiger partial charge in [-0.05, 0) is 36.8 Å². The first-order valence-corrected chi connectivity index (χ1v) is 7.48. The van der Waals surface area contributed by atoms with Gasteiger partial charge in [0.05, 0.1) is 24.7 Å². The van der Waals surface area contributed by atoms with Gasteiger partial charge in [0.15, 0.2) is 0 Å². The number of aryl methyl sites for hydroxylation is 1. The lowest BCUT2D eigenvalue weighted by atomic mass is 9.97. The molecule has 2 aromatic carbocycles. The summed E-state index contributed by atoms with van der Waals surface area (Å²) in [6.07, 6.45) is 0. The van der Waals surface area contributed by atoms with Crippen LogP contribution in [-0.2, 0) is 9.53 Å². The first-order chi connectivity index (χ1) is 11.5. The zero-order valence-electron chi connectivity index (χ0n) is 13.6. The predicted octanol–water partition coefficient (Wildman–Crippen LogP) is 2.55. The van der Waals surface area contributed by atoms with Gasteiger partial charge < -0.3 is 10.1 Å². The summed E-state index contributed by atoms with van der Waals surface area (Å²) < 4.78 is 4.85. The number of hydrogen-bond donors (Lipinski definition) is 1. The van der Waals surface area contributed by atoms with E-state index in [1.54, 1.807) is 24.3 Å². The molecular weight excluding hydrogens is 304 g/mol. The number of amides is 1. The molecule has 24 heavy (non-hydrogen) atoms. The van der Waals surface area contributed by atoms with Gasteiger partial charge >= 0.3 is 5.97 Å². The molecule has 0 aliphatic carbocycles. The van der Waals surface area contributed by atoms with Crippen LogP contribution in [0.25, 0.3) is 0 Å². The number of benzene rings is 2. The number of nitriles is 1. The Balaban J connectivity index is 2.11. The molecule has 1 N–H and O–H groups in total. The molecule has 5 heteroatoms. The zero-order valence-corrected chi connectivity index (χ0v) is 13.6. The molecule has 0 spiro atoms. The number of rotatable bonds is 5. The number of nitrogens with one attached hydrogen (secondary N) is 1. The van der Waals surface area contributed by atoms with Crippen LogP contribution in [0.3, 0.4) is 0 Å². The first kappa shape index (κ1) is 17.2. The van der Waals surface area contributed by atoms with Gasteiger partial charge in [0.25, 0.3) is 5.91 Å². The molecule has 122 valence electrons. The van der Waals surface area contributed by atoms with Crippen LogP contribution >= 0.6 is 0 Å². The number of esters is 1. The van der Waals surface area contributed by atoms with Crippen LogP contribution in [-0.4, -0.2) is 25.5 Å². The van der Waals surface area contributed by atoms with E-state index in [0.717, 1.165) is 11.1 Å². The largest absolute Gasteiger partial charge is 0.468 e. The van der Waals surface area contributed by atoms with Crippen molar-refractivity contribution in [3.8, 4) is 6.07 Å². The molecule has 0 radical (unpaired) electrons. The molecule has 0 aliphatic heterocycles. The third-order valence-corrected chi connectivity index (χ3v) is 3.67. The summed E-state index contributed by atoms with van der Waals surface area (Å²) >= 11 is 0. The Morgan fingerprint density at radius 1 is 1.21 bits per heavy atom. The molecule has 0 bridgehead atoms. The van der Waals surface area contributed by atoms with Gasteiger partial charge in [0.2, 0.25) is 0 Å². The van der Waals surface area contributed by atoms with Crippen molar-refractivity contribution in [1.82, 2.24) is 5.32 Å². The average Bonchev–Trinajstić information content (AvgIpc) is 2.61. The molecule has 1 amide bonds. The lowest BCUT2D eigenvalue weighted by molar-refractivity contribution is -0.142. The van der Waals surface area contributed by atoms with E-state index in [2.05, 4.69) is 5.32 Å². The average molecular weight is 322 g/mol. The minimum absolute atomic E-state index is 0.134. The van der Waals surface area contributed by atoms with E-state index in [9.17, 15) is 9.59 Å². The second-order valence-corrected chi connectivity index (χ2v) is 5.39. The number of carbonyl (C=O) groups excluding carboxylic acids is 2. The smallest absolute Gasteiger partial charge is 0.314 e. The highest BCUT2D eigenvalue weighted by atomic mass is 16.5. The Labute approximate surface area is 140 Å². The number of carbonyl (C=O) groups is 2. The normalized spacial score (nSPS) is 11.2. The monoisotopic (exact) mass is 322 g/mol. The van der Waals surface area contributed by atoms with Gasteiger partial charge in [-0.2, -0.15) is 5.26 Å². The Hall–Kier alpha value is -3.13. The van der Waals surface area contributed by atoms with Crippen molar-refractivity contribution in [3.05, 3.63) is 70.8 Å². The van der Waals surface area contributed by atoms with Crippen LogP contribution in [0.4, 0.5) is 0 Å². The van der Waals surface area contributed by atoms with E-state index in [1.165, 1.54) is 7.11 Å². The summed E-state index contributed by atoms with van der Waals surface area (Å²) in [5, 5.41) is 11.5. The van der Waals surface area contributed by atoms with E-state index in [1.807, 2.05) is 37.3 Å². The highest BCUT2D eigenvalue weighted by Crippen LogP contribution is 2.18. The van der Waals surface area contributed by atoms with Crippen molar-refractivity contribution in [2.75, 3.05) is 13.7 Å². The predicted molar refractivity (Wildman–Crippen MR) is 89.4 cm³/mol. The molecule has 0 heterocycles. The summed E-state index contributed by atoms with van der Waals surface area (Å²) in [6, 6.07) is 15.8. The number of nitrogens with zero attached hydrogens (tertiary/aromatic N) is 1. The van der Waals surface area contributed by atoms with Crippen LogP contribution in [0.5, 0.6) is 0 Å². The van der Waals surface area contributed by atoms with Crippen molar-refractivity contribution >= 4 is 11.9 Å². The molecule has 0 aromatic heterocycles. The Morgan fingerprint density at radius 3 is 2.50 bits per heavy atom. The molecule has 2 aromatic rings. The van der Waals surface area contributed by atoms with Crippen molar-refractivity contribution in [3.63, 3.8) is 0 Å². The number of hydrogen-bond acceptors (Lipinski definition) is 4. The van der Waals surface area contributed by atoms with Crippen LogP contribution in [0.15, 0.2) is 48.5 Å². The van der Waals surface area contributed by atoms with Crippen LogP contribution in [0.1, 0.15) is 33.0 Å². The van der Waals surface area contributed by atoms with E-state index in [4.69, 9.17) is 10.00 Å². The molecule has 0 saturated carbocycles. The third kappa shape index (κ3) is 4.20. The summed E-state index contributed by atoms with van der Waals surface area (Å²) in [5.41, 5.74) is 2.74. The van der Waals surface area contributed by atoms with Gasteiger partial charge in [0, 0.05) is 12.1 Å². The maximum atomic E-state index is 12.2. The van der Waals surface area contributed by atoms with E-state index >= 15 is 0 Å². The zero-order chi connectivity index (χ0) is 17.5. The van der Waals surface area contributed by atoms with Crippen LogP contribution < -0.4 is 5.32 Å². The number of ether oxygens (including phenoxy) is 1. The maximum Gasteiger partial charge on any atom is 0.314 e. The summed E-state index contributed by atoms with van der Waals surface area (Å²) in [4.78, 5) is 24.3. The third-order valence-electron chi connectivity index (χ3n) is 3.67.